The van der Waals surface area contributed by atoms with Crippen molar-refractivity contribution in [2.45, 2.75) is 39.2 Å². The number of aliphatic carboxylic acids is 1. The molecule has 1 N–H and O–H groups in total. The molecular formula is C10H17NO3. The Labute approximate surface area is 83.9 Å². The lowest BCUT2D eigenvalue weighted by atomic mass is 10.0. The first-order chi connectivity index (χ1) is 6.52. The highest BCUT2D eigenvalue weighted by molar-refractivity contribution is 5.78. The Kier molecular flexibility index (Phi) is 3.49. The number of carbonyl (C=O) groups is 2. The molecule has 1 rings (SSSR count). The van der Waals surface area contributed by atoms with Crippen molar-refractivity contribution in [3.05, 3.63) is 0 Å². The lowest BCUT2D eigenvalue weighted by molar-refractivity contribution is -0.143. The van der Waals surface area contributed by atoms with Crippen molar-refractivity contribution >= 4 is 11.9 Å². The van der Waals surface area contributed by atoms with E-state index in [0.29, 0.717) is 25.8 Å². The maximum absolute atomic E-state index is 11.6. The van der Waals surface area contributed by atoms with Crippen LogP contribution >= 0.6 is 0 Å². The van der Waals surface area contributed by atoms with E-state index in [1.165, 1.54) is 0 Å². The Morgan fingerprint density at radius 1 is 1.57 bits per heavy atom. The molecule has 1 unspecified atom stereocenters. The highest BCUT2D eigenvalue weighted by atomic mass is 16.4. The molecular weight excluding hydrogens is 182 g/mol. The van der Waals surface area contributed by atoms with Crippen molar-refractivity contribution in [2.24, 2.45) is 5.92 Å². The minimum absolute atomic E-state index is 0.0868. The van der Waals surface area contributed by atoms with Gasteiger partial charge in [0.25, 0.3) is 0 Å². The number of carboxylic acid groups (broad SMARTS) is 1. The van der Waals surface area contributed by atoms with E-state index in [1.807, 2.05) is 13.8 Å². The largest absolute Gasteiger partial charge is 0.481 e. The Morgan fingerprint density at radius 2 is 2.21 bits per heavy atom. The van der Waals surface area contributed by atoms with Crippen LogP contribution in [0.15, 0.2) is 0 Å². The predicted molar refractivity (Wildman–Crippen MR) is 51.8 cm³/mol. The van der Waals surface area contributed by atoms with E-state index >= 15 is 0 Å². The molecule has 0 bridgehead atoms. The van der Waals surface area contributed by atoms with Crippen LogP contribution in [0.25, 0.3) is 0 Å². The Balaban J connectivity index is 2.72. The molecule has 0 aromatic heterocycles. The highest BCUT2D eigenvalue weighted by Crippen LogP contribution is 2.19. The fraction of sp³-hybridized carbons (Fsp3) is 0.800. The van der Waals surface area contributed by atoms with Gasteiger partial charge in [-0.15, -0.1) is 0 Å². The van der Waals surface area contributed by atoms with Crippen LogP contribution in [0.3, 0.4) is 0 Å². The van der Waals surface area contributed by atoms with Crippen LogP contribution in [0.1, 0.15) is 33.1 Å². The lowest BCUT2D eigenvalue weighted by Gasteiger charge is -2.26. The molecule has 1 atom stereocenters. The average molecular weight is 199 g/mol. The molecule has 1 heterocycles. The third-order valence-electron chi connectivity index (χ3n) is 2.65. The van der Waals surface area contributed by atoms with E-state index in [-0.39, 0.29) is 17.9 Å². The summed E-state index contributed by atoms with van der Waals surface area (Å²) in [5, 5.41) is 8.91. The van der Waals surface area contributed by atoms with Crippen molar-refractivity contribution < 1.29 is 14.7 Å². The molecule has 14 heavy (non-hydrogen) atoms. The van der Waals surface area contributed by atoms with Gasteiger partial charge in [-0.05, 0) is 26.7 Å². The zero-order chi connectivity index (χ0) is 10.7. The second kappa shape index (κ2) is 4.44. The topological polar surface area (TPSA) is 57.6 Å². The van der Waals surface area contributed by atoms with Gasteiger partial charge in [0.05, 0.1) is 5.92 Å². The molecule has 0 saturated carbocycles. The summed E-state index contributed by atoms with van der Waals surface area (Å²) in [7, 11) is 0. The van der Waals surface area contributed by atoms with Gasteiger partial charge < -0.3 is 10.0 Å². The number of carboxylic acids is 1. The van der Waals surface area contributed by atoms with Gasteiger partial charge >= 0.3 is 5.97 Å². The van der Waals surface area contributed by atoms with Gasteiger partial charge in [-0.2, -0.15) is 0 Å². The summed E-state index contributed by atoms with van der Waals surface area (Å²) < 4.78 is 0. The first kappa shape index (κ1) is 11.0. The number of carbonyl (C=O) groups excluding carboxylic acids is 1. The smallest absolute Gasteiger partial charge is 0.308 e. The fourth-order valence-corrected chi connectivity index (χ4v) is 1.77. The van der Waals surface area contributed by atoms with Crippen LogP contribution in [0, 0.1) is 5.92 Å². The van der Waals surface area contributed by atoms with Crippen LogP contribution < -0.4 is 0 Å². The fourth-order valence-electron chi connectivity index (χ4n) is 1.77. The number of rotatable bonds is 2. The van der Waals surface area contributed by atoms with Gasteiger partial charge in [-0.25, -0.2) is 0 Å². The molecule has 1 aliphatic heterocycles. The monoisotopic (exact) mass is 199 g/mol. The summed E-state index contributed by atoms with van der Waals surface area (Å²) >= 11 is 0. The highest BCUT2D eigenvalue weighted by Gasteiger charge is 2.28. The Hall–Kier alpha value is -1.06. The molecule has 1 amide bonds. The van der Waals surface area contributed by atoms with Gasteiger partial charge in [0.1, 0.15) is 0 Å². The van der Waals surface area contributed by atoms with Crippen LogP contribution in [0.2, 0.25) is 0 Å². The second-order valence-electron chi connectivity index (χ2n) is 4.07. The van der Waals surface area contributed by atoms with Crippen molar-refractivity contribution in [1.82, 2.24) is 4.90 Å². The number of likely N-dealkylation sites (tertiary alicyclic amines) is 1. The standard InChI is InChI=1S/C10H17NO3/c1-7(2)11-6-8(10(13)14)4-3-5-9(11)12/h7-8H,3-6H2,1-2H3,(H,13,14). The lowest BCUT2D eigenvalue weighted by Crippen LogP contribution is -2.40. The first-order valence-corrected chi connectivity index (χ1v) is 5.04. The average Bonchev–Trinajstić information content (AvgIpc) is 2.26. The number of amides is 1. The number of hydrogen-bond donors (Lipinski definition) is 1. The maximum atomic E-state index is 11.6. The Morgan fingerprint density at radius 3 is 2.71 bits per heavy atom. The summed E-state index contributed by atoms with van der Waals surface area (Å²) in [5.74, 6) is -1.09. The molecule has 1 saturated heterocycles. The van der Waals surface area contributed by atoms with Gasteiger partial charge in [0.2, 0.25) is 5.91 Å². The minimum atomic E-state index is -0.787. The van der Waals surface area contributed by atoms with Crippen molar-refractivity contribution in [2.75, 3.05) is 6.54 Å². The van der Waals surface area contributed by atoms with Gasteiger partial charge in [-0.1, -0.05) is 0 Å². The van der Waals surface area contributed by atoms with E-state index < -0.39 is 5.97 Å². The quantitative estimate of drug-likeness (QED) is 0.724. The van der Waals surface area contributed by atoms with E-state index in [9.17, 15) is 9.59 Å². The van der Waals surface area contributed by atoms with Gasteiger partial charge in [-0.3, -0.25) is 9.59 Å². The van der Waals surface area contributed by atoms with Crippen LogP contribution in [0.5, 0.6) is 0 Å². The minimum Gasteiger partial charge on any atom is -0.481 e. The normalized spacial score (nSPS) is 23.8. The van der Waals surface area contributed by atoms with E-state index in [2.05, 4.69) is 0 Å². The maximum Gasteiger partial charge on any atom is 0.308 e. The molecule has 4 heteroatoms. The first-order valence-electron chi connectivity index (χ1n) is 5.04. The zero-order valence-electron chi connectivity index (χ0n) is 8.69. The SMILES string of the molecule is CC(C)N1CC(C(=O)O)CCCC1=O. The van der Waals surface area contributed by atoms with E-state index in [4.69, 9.17) is 5.11 Å². The molecule has 1 aliphatic rings. The number of hydrogen-bond acceptors (Lipinski definition) is 2. The summed E-state index contributed by atoms with van der Waals surface area (Å²) in [4.78, 5) is 24.1. The molecule has 1 fully saturated rings. The van der Waals surface area contributed by atoms with Crippen molar-refractivity contribution in [3.8, 4) is 0 Å². The van der Waals surface area contributed by atoms with Crippen molar-refractivity contribution in [3.63, 3.8) is 0 Å². The molecule has 0 radical (unpaired) electrons. The Bertz CT molecular complexity index is 238. The summed E-state index contributed by atoms with van der Waals surface area (Å²) in [6.07, 6.45) is 1.80. The zero-order valence-corrected chi connectivity index (χ0v) is 8.69. The molecule has 0 aromatic rings. The third kappa shape index (κ3) is 2.47. The molecule has 0 spiro atoms. The number of nitrogens with zero attached hydrogens (tertiary/aromatic N) is 1. The van der Waals surface area contributed by atoms with Gasteiger partial charge in [0, 0.05) is 19.0 Å². The molecule has 4 nitrogen and oxygen atoms in total. The van der Waals surface area contributed by atoms with Crippen molar-refractivity contribution in [1.29, 1.82) is 0 Å². The molecule has 0 aromatic carbocycles. The van der Waals surface area contributed by atoms with Crippen LogP contribution in [-0.4, -0.2) is 34.5 Å². The second-order valence-corrected chi connectivity index (χ2v) is 4.07. The van der Waals surface area contributed by atoms with E-state index in [0.717, 1.165) is 0 Å². The molecule has 0 aliphatic carbocycles. The molecule has 80 valence electrons. The van der Waals surface area contributed by atoms with E-state index in [1.54, 1.807) is 4.90 Å². The summed E-state index contributed by atoms with van der Waals surface area (Å²) in [6, 6.07) is 0.0995. The summed E-state index contributed by atoms with van der Waals surface area (Å²) in [5.41, 5.74) is 0. The third-order valence-corrected chi connectivity index (χ3v) is 2.65. The predicted octanol–water partition coefficient (Wildman–Crippen LogP) is 1.11. The van der Waals surface area contributed by atoms with Crippen LogP contribution in [-0.2, 0) is 9.59 Å². The van der Waals surface area contributed by atoms with Crippen LogP contribution in [0.4, 0.5) is 0 Å². The van der Waals surface area contributed by atoms with Gasteiger partial charge in [0.15, 0.2) is 0 Å². The summed E-state index contributed by atoms with van der Waals surface area (Å²) in [6.45, 7) is 4.20.